The van der Waals surface area contributed by atoms with Gasteiger partial charge in [0, 0.05) is 18.6 Å². The van der Waals surface area contributed by atoms with Crippen molar-refractivity contribution in [2.24, 2.45) is 0 Å². The quantitative estimate of drug-likeness (QED) is 0.454. The van der Waals surface area contributed by atoms with Crippen molar-refractivity contribution >= 4 is 51.1 Å². The van der Waals surface area contributed by atoms with Crippen LogP contribution in [0.1, 0.15) is 11.1 Å². The number of carbonyl (C=O) groups excluding carboxylic acids is 1. The maximum absolute atomic E-state index is 11.9. The van der Waals surface area contributed by atoms with E-state index in [2.05, 4.69) is 15.9 Å². The maximum Gasteiger partial charge on any atom is 0.264 e. The number of nitriles is 1. The number of ether oxygens (including phenoxy) is 1. The molecule has 0 saturated carbocycles. The largest absolute Gasteiger partial charge is 0.486 e. The summed E-state index contributed by atoms with van der Waals surface area (Å²) in [5.41, 5.74) is 1.50. The molecule has 0 unspecified atom stereocenters. The predicted octanol–water partition coefficient (Wildman–Crippen LogP) is 5.33. The van der Waals surface area contributed by atoms with Crippen LogP contribution in [0.4, 0.5) is 0 Å². The molecular formula is C19H15BrCl2N2O2. The Morgan fingerprint density at radius 2 is 1.81 bits per heavy atom. The number of hydrogen-bond donors (Lipinski definition) is 0. The Bertz CT molecular complexity index is 864. The van der Waals surface area contributed by atoms with Gasteiger partial charge in [0.2, 0.25) is 0 Å². The number of benzene rings is 2. The first-order valence-electron chi connectivity index (χ1n) is 7.51. The maximum atomic E-state index is 11.9. The van der Waals surface area contributed by atoms with E-state index in [0.717, 1.165) is 10.0 Å². The molecule has 134 valence electrons. The van der Waals surface area contributed by atoms with E-state index < -0.39 is 5.91 Å². The topological polar surface area (TPSA) is 53.3 Å². The molecule has 0 atom stereocenters. The van der Waals surface area contributed by atoms with Gasteiger partial charge in [0.15, 0.2) is 5.75 Å². The standard InChI is InChI=1S/C19H15BrCl2N2O2/c1-24(2)19(25)14(10-23)7-13-8-16(21)18(17(22)9-13)26-11-12-3-5-15(20)6-4-12/h3-9H,11H2,1-2H3/b14-7-. The van der Waals surface area contributed by atoms with E-state index in [-0.39, 0.29) is 5.57 Å². The number of amides is 1. The summed E-state index contributed by atoms with van der Waals surface area (Å²) in [7, 11) is 3.15. The van der Waals surface area contributed by atoms with Crippen molar-refractivity contribution < 1.29 is 9.53 Å². The van der Waals surface area contributed by atoms with Crippen LogP contribution in [0.25, 0.3) is 6.08 Å². The van der Waals surface area contributed by atoms with Crippen LogP contribution in [0.5, 0.6) is 5.75 Å². The average molecular weight is 454 g/mol. The van der Waals surface area contributed by atoms with Crippen LogP contribution in [0, 0.1) is 11.3 Å². The van der Waals surface area contributed by atoms with Crippen molar-refractivity contribution in [2.45, 2.75) is 6.61 Å². The highest BCUT2D eigenvalue weighted by molar-refractivity contribution is 9.10. The molecule has 0 heterocycles. The number of rotatable bonds is 5. The molecule has 0 aliphatic carbocycles. The van der Waals surface area contributed by atoms with Gasteiger partial charge in [-0.15, -0.1) is 0 Å². The molecule has 0 saturated heterocycles. The fourth-order valence-corrected chi connectivity index (χ4v) is 2.96. The molecule has 0 N–H and O–H groups in total. The smallest absolute Gasteiger partial charge is 0.264 e. The summed E-state index contributed by atoms with van der Waals surface area (Å²) in [5, 5.41) is 9.77. The summed E-state index contributed by atoms with van der Waals surface area (Å²) >= 11 is 15.9. The Kier molecular flexibility index (Phi) is 7.10. The molecule has 1 amide bonds. The van der Waals surface area contributed by atoms with Crippen LogP contribution in [0.2, 0.25) is 10.0 Å². The monoisotopic (exact) mass is 452 g/mol. The van der Waals surface area contributed by atoms with Crippen molar-refractivity contribution in [1.29, 1.82) is 5.26 Å². The lowest BCUT2D eigenvalue weighted by atomic mass is 10.1. The Morgan fingerprint density at radius 1 is 1.23 bits per heavy atom. The minimum atomic E-state index is -0.393. The lowest BCUT2D eigenvalue weighted by molar-refractivity contribution is -0.124. The van der Waals surface area contributed by atoms with Gasteiger partial charge in [0.05, 0.1) is 10.0 Å². The second-order valence-corrected chi connectivity index (χ2v) is 7.33. The fourth-order valence-electron chi connectivity index (χ4n) is 2.09. The van der Waals surface area contributed by atoms with Crippen molar-refractivity contribution in [3.05, 3.63) is 67.6 Å². The number of carbonyl (C=O) groups is 1. The molecule has 2 aromatic carbocycles. The SMILES string of the molecule is CN(C)C(=O)/C(C#N)=C\c1cc(Cl)c(OCc2ccc(Br)cc2)c(Cl)c1. The lowest BCUT2D eigenvalue weighted by Crippen LogP contribution is -2.22. The summed E-state index contributed by atoms with van der Waals surface area (Å²) in [6, 6.07) is 12.8. The van der Waals surface area contributed by atoms with Crippen LogP contribution in [-0.4, -0.2) is 24.9 Å². The minimum absolute atomic E-state index is 0.00864. The summed E-state index contributed by atoms with van der Waals surface area (Å²) in [5.74, 6) is -0.0406. The third-order valence-electron chi connectivity index (χ3n) is 3.39. The summed E-state index contributed by atoms with van der Waals surface area (Å²) in [6.07, 6.45) is 1.44. The van der Waals surface area contributed by atoms with E-state index in [4.69, 9.17) is 33.2 Å². The summed E-state index contributed by atoms with van der Waals surface area (Å²) in [4.78, 5) is 13.3. The highest BCUT2D eigenvalue weighted by Gasteiger charge is 2.14. The molecule has 2 rings (SSSR count). The second-order valence-electron chi connectivity index (χ2n) is 5.60. The van der Waals surface area contributed by atoms with Crippen LogP contribution >= 0.6 is 39.1 Å². The van der Waals surface area contributed by atoms with Crippen molar-refractivity contribution in [2.75, 3.05) is 14.1 Å². The van der Waals surface area contributed by atoms with Gasteiger partial charge in [-0.2, -0.15) is 5.26 Å². The Balaban J connectivity index is 2.23. The molecule has 0 bridgehead atoms. The molecule has 0 aromatic heterocycles. The van der Waals surface area contributed by atoms with Crippen LogP contribution in [-0.2, 0) is 11.4 Å². The van der Waals surface area contributed by atoms with Gasteiger partial charge in [0.25, 0.3) is 5.91 Å². The molecule has 0 radical (unpaired) electrons. The molecule has 0 aliphatic heterocycles. The van der Waals surface area contributed by atoms with E-state index in [1.54, 1.807) is 26.2 Å². The summed E-state index contributed by atoms with van der Waals surface area (Å²) < 4.78 is 6.71. The molecule has 26 heavy (non-hydrogen) atoms. The first kappa shape index (κ1) is 20.3. The fraction of sp³-hybridized carbons (Fsp3) is 0.158. The minimum Gasteiger partial charge on any atom is -0.486 e. The lowest BCUT2D eigenvalue weighted by Gasteiger charge is -2.12. The Hall–Kier alpha value is -2.00. The van der Waals surface area contributed by atoms with Crippen molar-refractivity contribution in [1.82, 2.24) is 4.90 Å². The average Bonchev–Trinajstić information content (AvgIpc) is 2.59. The summed E-state index contributed by atoms with van der Waals surface area (Å²) in [6.45, 7) is 0.310. The molecule has 0 aliphatic rings. The highest BCUT2D eigenvalue weighted by Crippen LogP contribution is 2.35. The van der Waals surface area contributed by atoms with Crippen molar-refractivity contribution in [3.63, 3.8) is 0 Å². The Morgan fingerprint density at radius 3 is 2.31 bits per heavy atom. The number of halogens is 3. The second kappa shape index (κ2) is 9.09. The van der Waals surface area contributed by atoms with Crippen LogP contribution in [0.3, 0.4) is 0 Å². The molecule has 0 fully saturated rings. The van der Waals surface area contributed by atoms with Gasteiger partial charge < -0.3 is 9.64 Å². The Labute approximate surface area is 170 Å². The zero-order valence-corrected chi connectivity index (χ0v) is 17.2. The third-order valence-corrected chi connectivity index (χ3v) is 4.48. The first-order valence-corrected chi connectivity index (χ1v) is 9.06. The van der Waals surface area contributed by atoms with Gasteiger partial charge in [0.1, 0.15) is 18.2 Å². The van der Waals surface area contributed by atoms with Crippen LogP contribution in [0.15, 0.2) is 46.4 Å². The van der Waals surface area contributed by atoms with Crippen LogP contribution < -0.4 is 4.74 Å². The first-order chi connectivity index (χ1) is 12.3. The van der Waals surface area contributed by atoms with Gasteiger partial charge in [-0.3, -0.25) is 4.79 Å². The highest BCUT2D eigenvalue weighted by atomic mass is 79.9. The zero-order valence-electron chi connectivity index (χ0n) is 14.1. The van der Waals surface area contributed by atoms with Gasteiger partial charge >= 0.3 is 0 Å². The van der Waals surface area contributed by atoms with Gasteiger partial charge in [-0.25, -0.2) is 0 Å². The van der Waals surface area contributed by atoms with E-state index in [0.29, 0.717) is 28.0 Å². The molecular weight excluding hydrogens is 439 g/mol. The number of likely N-dealkylation sites (N-methyl/N-ethyl adjacent to an activating group) is 1. The van der Waals surface area contributed by atoms with Gasteiger partial charge in [-0.05, 0) is 41.5 Å². The third kappa shape index (κ3) is 5.25. The van der Waals surface area contributed by atoms with Gasteiger partial charge in [-0.1, -0.05) is 51.3 Å². The van der Waals surface area contributed by atoms with E-state index >= 15 is 0 Å². The normalized spacial score (nSPS) is 11.0. The molecule has 0 spiro atoms. The van der Waals surface area contributed by atoms with E-state index in [1.807, 2.05) is 30.3 Å². The number of nitrogens with zero attached hydrogens (tertiary/aromatic N) is 2. The zero-order chi connectivity index (χ0) is 19.3. The molecule has 7 heteroatoms. The number of hydrogen-bond acceptors (Lipinski definition) is 3. The van der Waals surface area contributed by atoms with E-state index in [9.17, 15) is 4.79 Å². The predicted molar refractivity (Wildman–Crippen MR) is 107 cm³/mol. The molecule has 2 aromatic rings. The molecule has 4 nitrogen and oxygen atoms in total. The van der Waals surface area contributed by atoms with Crippen molar-refractivity contribution in [3.8, 4) is 11.8 Å². The van der Waals surface area contributed by atoms with E-state index in [1.165, 1.54) is 11.0 Å².